The molecule has 0 amide bonds. The summed E-state index contributed by atoms with van der Waals surface area (Å²) in [5, 5.41) is 21.4. The van der Waals surface area contributed by atoms with Crippen LogP contribution in [0.25, 0.3) is 22.6 Å². The van der Waals surface area contributed by atoms with Crippen molar-refractivity contribution in [2.24, 2.45) is 4.99 Å². The number of ether oxygens (including phenoxy) is 1. The fraction of sp³-hybridized carbons (Fsp3) is 0.200. The van der Waals surface area contributed by atoms with Crippen LogP contribution in [0.3, 0.4) is 0 Å². The van der Waals surface area contributed by atoms with Crippen LogP contribution in [-0.2, 0) is 0 Å². The Bertz CT molecular complexity index is 1340. The van der Waals surface area contributed by atoms with Gasteiger partial charge < -0.3 is 14.3 Å². The number of aromatic nitrogens is 1. The minimum Gasteiger partial charge on any atom is -0.504 e. The molecule has 0 saturated heterocycles. The number of non-ortho nitro benzene ring substituents is 1. The molecule has 0 bridgehead atoms. The standard InChI is InChI=1S/C25H23N3O5/c1-4-15(2)17-7-10-22-21(12-17)27-25(33-22)16-5-8-19(9-6-16)26-14-18-11-20(28(30)31)13-23(32-3)24(18)29/h5-15,29H,4H2,1-3H3/t15-/m0/s1. The topological polar surface area (TPSA) is 111 Å². The second kappa shape index (κ2) is 9.12. The van der Waals surface area contributed by atoms with Gasteiger partial charge in [-0.25, -0.2) is 4.98 Å². The molecule has 0 radical (unpaired) electrons. The normalized spacial score (nSPS) is 12.3. The lowest BCUT2D eigenvalue weighted by Crippen LogP contribution is -1.94. The van der Waals surface area contributed by atoms with Crippen LogP contribution in [0.4, 0.5) is 11.4 Å². The fourth-order valence-corrected chi connectivity index (χ4v) is 3.42. The van der Waals surface area contributed by atoms with E-state index in [4.69, 9.17) is 9.15 Å². The van der Waals surface area contributed by atoms with E-state index < -0.39 is 4.92 Å². The molecule has 1 atom stereocenters. The van der Waals surface area contributed by atoms with Crippen molar-refractivity contribution in [1.29, 1.82) is 0 Å². The molecule has 8 nitrogen and oxygen atoms in total. The third-order valence-electron chi connectivity index (χ3n) is 5.58. The molecule has 3 aromatic carbocycles. The van der Waals surface area contributed by atoms with Gasteiger partial charge in [0, 0.05) is 23.4 Å². The van der Waals surface area contributed by atoms with Crippen molar-refractivity contribution in [2.45, 2.75) is 26.2 Å². The molecule has 33 heavy (non-hydrogen) atoms. The van der Waals surface area contributed by atoms with E-state index in [-0.39, 0.29) is 22.7 Å². The summed E-state index contributed by atoms with van der Waals surface area (Å²) in [6.07, 6.45) is 2.41. The molecule has 0 fully saturated rings. The number of rotatable bonds is 7. The molecule has 4 aromatic rings. The minimum absolute atomic E-state index is 0.00782. The molecule has 4 rings (SSSR count). The van der Waals surface area contributed by atoms with Crippen molar-refractivity contribution < 1.29 is 19.2 Å². The monoisotopic (exact) mass is 445 g/mol. The molecule has 0 unspecified atom stereocenters. The van der Waals surface area contributed by atoms with Crippen LogP contribution >= 0.6 is 0 Å². The van der Waals surface area contributed by atoms with E-state index in [0.29, 0.717) is 17.5 Å². The third-order valence-corrected chi connectivity index (χ3v) is 5.58. The lowest BCUT2D eigenvalue weighted by Gasteiger charge is -2.07. The van der Waals surface area contributed by atoms with Gasteiger partial charge in [-0.3, -0.25) is 15.1 Å². The molecule has 1 heterocycles. The first kappa shape index (κ1) is 22.0. The fourth-order valence-electron chi connectivity index (χ4n) is 3.42. The number of nitrogens with zero attached hydrogens (tertiary/aromatic N) is 3. The number of methoxy groups -OCH3 is 1. The average molecular weight is 445 g/mol. The Balaban J connectivity index is 1.59. The predicted octanol–water partition coefficient (Wildman–Crippen LogP) is 6.38. The smallest absolute Gasteiger partial charge is 0.274 e. The molecule has 1 N–H and O–H groups in total. The maximum absolute atomic E-state index is 11.1. The Morgan fingerprint density at radius 2 is 1.97 bits per heavy atom. The number of nitro groups is 1. The van der Waals surface area contributed by atoms with Crippen molar-refractivity contribution in [1.82, 2.24) is 4.98 Å². The first-order valence-corrected chi connectivity index (χ1v) is 10.5. The van der Waals surface area contributed by atoms with Crippen LogP contribution in [0, 0.1) is 10.1 Å². The van der Waals surface area contributed by atoms with Crippen LogP contribution < -0.4 is 4.74 Å². The van der Waals surface area contributed by atoms with Gasteiger partial charge in [-0.2, -0.15) is 0 Å². The molecule has 1 aromatic heterocycles. The first-order chi connectivity index (χ1) is 15.9. The summed E-state index contributed by atoms with van der Waals surface area (Å²) in [6, 6.07) is 15.7. The molecular weight excluding hydrogens is 422 g/mol. The number of hydrogen-bond donors (Lipinski definition) is 1. The summed E-state index contributed by atoms with van der Waals surface area (Å²) in [6.45, 7) is 4.34. The highest BCUT2D eigenvalue weighted by atomic mass is 16.6. The van der Waals surface area contributed by atoms with Crippen LogP contribution in [0.2, 0.25) is 0 Å². The van der Waals surface area contributed by atoms with E-state index in [0.717, 1.165) is 29.2 Å². The quantitative estimate of drug-likeness (QED) is 0.201. The number of aliphatic imine (C=N–C) groups is 1. The summed E-state index contributed by atoms with van der Waals surface area (Å²) in [5.41, 5.74) is 4.16. The van der Waals surface area contributed by atoms with E-state index in [1.54, 1.807) is 12.1 Å². The lowest BCUT2D eigenvalue weighted by atomic mass is 9.98. The molecule has 0 spiro atoms. The second-order valence-corrected chi connectivity index (χ2v) is 7.70. The van der Waals surface area contributed by atoms with Gasteiger partial charge in [-0.1, -0.05) is 19.9 Å². The van der Waals surface area contributed by atoms with E-state index in [9.17, 15) is 15.2 Å². The highest BCUT2D eigenvalue weighted by molar-refractivity contribution is 5.88. The first-order valence-electron chi connectivity index (χ1n) is 10.5. The molecule has 0 saturated carbocycles. The van der Waals surface area contributed by atoms with Crippen LogP contribution in [0.5, 0.6) is 11.5 Å². The van der Waals surface area contributed by atoms with Crippen LogP contribution in [-0.4, -0.2) is 28.3 Å². The Morgan fingerprint density at radius 1 is 1.21 bits per heavy atom. The number of benzene rings is 3. The maximum Gasteiger partial charge on any atom is 0.274 e. The van der Waals surface area contributed by atoms with E-state index in [2.05, 4.69) is 36.0 Å². The van der Waals surface area contributed by atoms with Gasteiger partial charge in [0.15, 0.2) is 17.1 Å². The zero-order valence-corrected chi connectivity index (χ0v) is 18.5. The van der Waals surface area contributed by atoms with Crippen LogP contribution in [0.1, 0.15) is 37.3 Å². The summed E-state index contributed by atoms with van der Waals surface area (Å²) >= 11 is 0. The summed E-state index contributed by atoms with van der Waals surface area (Å²) in [5.74, 6) is 0.764. The molecule has 0 aliphatic rings. The predicted molar refractivity (Wildman–Crippen MR) is 127 cm³/mol. The summed E-state index contributed by atoms with van der Waals surface area (Å²) in [4.78, 5) is 19.5. The third kappa shape index (κ3) is 4.55. The van der Waals surface area contributed by atoms with Crippen molar-refractivity contribution in [2.75, 3.05) is 7.11 Å². The number of phenols is 1. The van der Waals surface area contributed by atoms with Gasteiger partial charge in [-0.15, -0.1) is 0 Å². The average Bonchev–Trinajstić information content (AvgIpc) is 3.26. The van der Waals surface area contributed by atoms with Crippen molar-refractivity contribution >= 4 is 28.7 Å². The van der Waals surface area contributed by atoms with Gasteiger partial charge >= 0.3 is 0 Å². The van der Waals surface area contributed by atoms with Gasteiger partial charge in [0.25, 0.3) is 5.69 Å². The summed E-state index contributed by atoms with van der Waals surface area (Å²) in [7, 11) is 1.33. The Morgan fingerprint density at radius 3 is 2.64 bits per heavy atom. The number of nitro benzene ring substituents is 1. The number of oxazole rings is 1. The SMILES string of the molecule is CC[C@H](C)c1ccc2oc(-c3ccc(N=Cc4cc([N+](=O)[O-])cc(OC)c4O)cc3)nc2c1. The van der Waals surface area contributed by atoms with E-state index in [1.165, 1.54) is 25.0 Å². The number of aromatic hydroxyl groups is 1. The highest BCUT2D eigenvalue weighted by Gasteiger charge is 2.16. The zero-order chi connectivity index (χ0) is 23.5. The molecule has 8 heteroatoms. The second-order valence-electron chi connectivity index (χ2n) is 7.70. The van der Waals surface area contributed by atoms with Gasteiger partial charge in [0.05, 0.1) is 23.8 Å². The summed E-state index contributed by atoms with van der Waals surface area (Å²) < 4.78 is 10.9. The van der Waals surface area contributed by atoms with Gasteiger partial charge in [0.2, 0.25) is 5.89 Å². The Labute approximate surface area is 190 Å². The van der Waals surface area contributed by atoms with E-state index in [1.807, 2.05) is 18.2 Å². The Kier molecular flexibility index (Phi) is 6.08. The van der Waals surface area contributed by atoms with Crippen LogP contribution in [0.15, 0.2) is 64.0 Å². The molecule has 168 valence electrons. The van der Waals surface area contributed by atoms with E-state index >= 15 is 0 Å². The minimum atomic E-state index is -0.555. The Hall–Kier alpha value is -4.20. The molecule has 0 aliphatic carbocycles. The largest absolute Gasteiger partial charge is 0.504 e. The lowest BCUT2D eigenvalue weighted by molar-refractivity contribution is -0.385. The van der Waals surface area contributed by atoms with Crippen molar-refractivity contribution in [3.8, 4) is 23.0 Å². The maximum atomic E-state index is 11.1. The number of fused-ring (bicyclic) bond motifs is 1. The van der Waals surface area contributed by atoms with Crippen molar-refractivity contribution in [3.63, 3.8) is 0 Å². The molecule has 0 aliphatic heterocycles. The highest BCUT2D eigenvalue weighted by Crippen LogP contribution is 2.34. The number of hydrogen-bond acceptors (Lipinski definition) is 7. The number of phenolic OH excluding ortho intramolecular Hbond substituents is 1. The van der Waals surface area contributed by atoms with Crippen molar-refractivity contribution in [3.05, 3.63) is 75.8 Å². The zero-order valence-electron chi connectivity index (χ0n) is 18.5. The molecular formula is C25H23N3O5. The van der Waals surface area contributed by atoms with Gasteiger partial charge in [0.1, 0.15) is 5.52 Å². The van der Waals surface area contributed by atoms with Gasteiger partial charge in [-0.05, 0) is 54.3 Å².